The number of benzene rings is 1. The molecular weight excluding hydrogens is 276 g/mol. The van der Waals surface area contributed by atoms with Crippen LogP contribution in [0.3, 0.4) is 0 Å². The fraction of sp³-hybridized carbons (Fsp3) is 0.533. The molecule has 0 atom stereocenters. The van der Waals surface area contributed by atoms with Gasteiger partial charge in [-0.2, -0.15) is 0 Å². The first kappa shape index (κ1) is 18.9. The molecule has 0 saturated heterocycles. The van der Waals surface area contributed by atoms with E-state index in [1.54, 1.807) is 17.0 Å². The van der Waals surface area contributed by atoms with Gasteiger partial charge in [0.25, 0.3) is 5.91 Å². The summed E-state index contributed by atoms with van der Waals surface area (Å²) >= 11 is 0. The van der Waals surface area contributed by atoms with E-state index in [4.69, 9.17) is 10.8 Å². The molecule has 5 heteroatoms. The molecule has 0 aliphatic rings. The lowest BCUT2D eigenvalue weighted by Crippen LogP contribution is -2.34. The Kier molecular flexibility index (Phi) is 10.1. The summed E-state index contributed by atoms with van der Waals surface area (Å²) in [5.74, 6) is -0.0197. The van der Waals surface area contributed by atoms with Crippen molar-refractivity contribution < 1.29 is 9.90 Å². The number of amides is 1. The van der Waals surface area contributed by atoms with Crippen molar-refractivity contribution in [1.29, 1.82) is 0 Å². The summed E-state index contributed by atoms with van der Waals surface area (Å²) in [5, 5.41) is 9.06. The molecule has 1 aromatic rings. The van der Waals surface area contributed by atoms with Gasteiger partial charge in [0.15, 0.2) is 0 Å². The Balaban J connectivity index is 0.00000361. The zero-order valence-electron chi connectivity index (χ0n) is 12.0. The van der Waals surface area contributed by atoms with Crippen LogP contribution in [0.15, 0.2) is 24.3 Å². The first-order chi connectivity index (χ1) is 9.22. The minimum atomic E-state index is -0.0197. The zero-order chi connectivity index (χ0) is 14.1. The molecule has 0 aromatic heterocycles. The zero-order valence-corrected chi connectivity index (χ0v) is 12.9. The number of carbonyl (C=O) groups excluding carboxylic acids is 1. The van der Waals surface area contributed by atoms with Gasteiger partial charge in [-0.1, -0.05) is 31.9 Å². The summed E-state index contributed by atoms with van der Waals surface area (Å²) in [6.45, 7) is 3.70. The first-order valence-corrected chi connectivity index (χ1v) is 6.92. The Morgan fingerprint density at radius 1 is 1.20 bits per heavy atom. The quantitative estimate of drug-likeness (QED) is 0.723. The van der Waals surface area contributed by atoms with Crippen LogP contribution in [0.4, 0.5) is 0 Å². The second-order valence-corrected chi connectivity index (χ2v) is 4.62. The lowest BCUT2D eigenvalue weighted by atomic mass is 10.1. The van der Waals surface area contributed by atoms with Crippen LogP contribution in [0.5, 0.6) is 0 Å². The van der Waals surface area contributed by atoms with E-state index in [0.717, 1.165) is 24.8 Å². The highest BCUT2D eigenvalue weighted by Crippen LogP contribution is 2.09. The predicted octanol–water partition coefficient (Wildman–Crippen LogP) is 2.19. The van der Waals surface area contributed by atoms with Crippen molar-refractivity contribution in [3.63, 3.8) is 0 Å². The van der Waals surface area contributed by atoms with Crippen LogP contribution in [-0.2, 0) is 6.54 Å². The molecule has 0 bridgehead atoms. The van der Waals surface area contributed by atoms with Crippen molar-refractivity contribution in [1.82, 2.24) is 4.90 Å². The maximum absolute atomic E-state index is 12.3. The highest BCUT2D eigenvalue weighted by molar-refractivity contribution is 5.94. The van der Waals surface area contributed by atoms with Crippen LogP contribution in [0.1, 0.15) is 42.1 Å². The number of hydrogen-bond donors (Lipinski definition) is 2. The third-order valence-electron chi connectivity index (χ3n) is 3.13. The van der Waals surface area contributed by atoms with Crippen molar-refractivity contribution >= 4 is 18.3 Å². The molecule has 0 aliphatic carbocycles. The molecule has 1 rings (SSSR count). The Labute approximate surface area is 127 Å². The normalized spacial score (nSPS) is 9.95. The summed E-state index contributed by atoms with van der Waals surface area (Å²) in [7, 11) is 0. The van der Waals surface area contributed by atoms with Gasteiger partial charge in [0.05, 0.1) is 6.61 Å². The predicted molar refractivity (Wildman–Crippen MR) is 84.1 cm³/mol. The first-order valence-electron chi connectivity index (χ1n) is 6.92. The monoisotopic (exact) mass is 300 g/mol. The minimum Gasteiger partial charge on any atom is -0.395 e. The molecule has 0 heterocycles. The van der Waals surface area contributed by atoms with E-state index in [-0.39, 0.29) is 24.9 Å². The van der Waals surface area contributed by atoms with Gasteiger partial charge in [-0.25, -0.2) is 0 Å². The van der Waals surface area contributed by atoms with Crippen molar-refractivity contribution in [3.05, 3.63) is 35.4 Å². The Morgan fingerprint density at radius 3 is 2.35 bits per heavy atom. The van der Waals surface area contributed by atoms with E-state index in [1.807, 2.05) is 12.1 Å². The van der Waals surface area contributed by atoms with E-state index in [2.05, 4.69) is 6.92 Å². The molecule has 0 spiro atoms. The molecular formula is C15H25ClN2O2. The number of nitrogens with two attached hydrogens (primary N) is 1. The van der Waals surface area contributed by atoms with Gasteiger partial charge in [-0.05, 0) is 24.1 Å². The van der Waals surface area contributed by atoms with Gasteiger partial charge >= 0.3 is 0 Å². The van der Waals surface area contributed by atoms with Gasteiger partial charge in [-0.3, -0.25) is 4.79 Å². The van der Waals surface area contributed by atoms with E-state index < -0.39 is 0 Å². The van der Waals surface area contributed by atoms with Gasteiger partial charge in [0, 0.05) is 25.2 Å². The Hall–Kier alpha value is -1.10. The van der Waals surface area contributed by atoms with Gasteiger partial charge in [-0.15, -0.1) is 12.4 Å². The summed E-state index contributed by atoms with van der Waals surface area (Å²) < 4.78 is 0. The lowest BCUT2D eigenvalue weighted by molar-refractivity contribution is 0.0718. The highest BCUT2D eigenvalue weighted by Gasteiger charge is 2.14. The van der Waals surface area contributed by atoms with Crippen molar-refractivity contribution in [2.24, 2.45) is 5.73 Å². The lowest BCUT2D eigenvalue weighted by Gasteiger charge is -2.21. The summed E-state index contributed by atoms with van der Waals surface area (Å²) in [5.41, 5.74) is 7.20. The van der Waals surface area contributed by atoms with Gasteiger partial charge in [0.1, 0.15) is 0 Å². The molecule has 1 aromatic carbocycles. The summed E-state index contributed by atoms with van der Waals surface area (Å²) in [4.78, 5) is 14.0. The molecule has 0 radical (unpaired) electrons. The number of rotatable bonds is 8. The van der Waals surface area contributed by atoms with Crippen molar-refractivity contribution in [2.75, 3.05) is 19.7 Å². The number of hydrogen-bond acceptors (Lipinski definition) is 3. The number of aliphatic hydroxyl groups excluding tert-OH is 1. The summed E-state index contributed by atoms with van der Waals surface area (Å²) in [6, 6.07) is 7.34. The molecule has 0 aliphatic heterocycles. The molecule has 0 unspecified atom stereocenters. The van der Waals surface area contributed by atoms with Crippen LogP contribution in [0, 0.1) is 0 Å². The van der Waals surface area contributed by atoms with Crippen LogP contribution >= 0.6 is 12.4 Å². The van der Waals surface area contributed by atoms with E-state index in [1.165, 1.54) is 0 Å². The highest BCUT2D eigenvalue weighted by atomic mass is 35.5. The second kappa shape index (κ2) is 10.7. The number of unbranched alkanes of at least 4 members (excludes halogenated alkanes) is 2. The molecule has 0 saturated carbocycles. The molecule has 114 valence electrons. The van der Waals surface area contributed by atoms with Crippen molar-refractivity contribution in [3.8, 4) is 0 Å². The van der Waals surface area contributed by atoms with E-state index in [0.29, 0.717) is 25.2 Å². The number of nitrogens with zero attached hydrogens (tertiary/aromatic N) is 1. The molecule has 4 nitrogen and oxygen atoms in total. The number of aliphatic hydroxyl groups is 1. The fourth-order valence-corrected chi connectivity index (χ4v) is 1.95. The number of halogens is 1. The van der Waals surface area contributed by atoms with Gasteiger partial charge < -0.3 is 15.7 Å². The standard InChI is InChI=1S/C15H24N2O2.ClH/c1-2-3-4-9-17(10-11-18)15(19)14-7-5-13(12-16)6-8-14;/h5-8,18H,2-4,9-12,16H2,1H3;1H. The van der Waals surface area contributed by atoms with Crippen LogP contribution < -0.4 is 5.73 Å². The van der Waals surface area contributed by atoms with E-state index >= 15 is 0 Å². The smallest absolute Gasteiger partial charge is 0.253 e. The van der Waals surface area contributed by atoms with E-state index in [9.17, 15) is 4.79 Å². The molecule has 20 heavy (non-hydrogen) atoms. The third kappa shape index (κ3) is 5.90. The minimum absolute atomic E-state index is 0. The maximum Gasteiger partial charge on any atom is 0.253 e. The number of carbonyl (C=O) groups is 1. The summed E-state index contributed by atoms with van der Waals surface area (Å²) in [6.07, 6.45) is 3.19. The van der Waals surface area contributed by atoms with Crippen molar-refractivity contribution in [2.45, 2.75) is 32.7 Å². The third-order valence-corrected chi connectivity index (χ3v) is 3.13. The molecule has 3 N–H and O–H groups in total. The Morgan fingerprint density at radius 2 is 1.85 bits per heavy atom. The fourth-order valence-electron chi connectivity index (χ4n) is 1.95. The average Bonchev–Trinajstić information content (AvgIpc) is 2.46. The Bertz CT molecular complexity index is 382. The largest absolute Gasteiger partial charge is 0.395 e. The SMILES string of the molecule is CCCCCN(CCO)C(=O)c1ccc(CN)cc1.Cl. The average molecular weight is 301 g/mol. The molecule has 1 amide bonds. The molecule has 0 fully saturated rings. The maximum atomic E-state index is 12.3. The topological polar surface area (TPSA) is 66.6 Å². The van der Waals surface area contributed by atoms with Crippen LogP contribution in [0.2, 0.25) is 0 Å². The second-order valence-electron chi connectivity index (χ2n) is 4.62. The van der Waals surface area contributed by atoms with Gasteiger partial charge in [0.2, 0.25) is 0 Å². The van der Waals surface area contributed by atoms with Crippen LogP contribution in [0.25, 0.3) is 0 Å². The van der Waals surface area contributed by atoms with Crippen LogP contribution in [-0.4, -0.2) is 35.6 Å².